The summed E-state index contributed by atoms with van der Waals surface area (Å²) in [4.78, 5) is 0.179. The first-order valence-electron chi connectivity index (χ1n) is 2.58. The van der Waals surface area contributed by atoms with Gasteiger partial charge >= 0.3 is 0 Å². The first-order valence-corrected chi connectivity index (χ1v) is 3.66. The molecule has 10 heavy (non-hydrogen) atoms. The molecule has 0 aliphatic rings. The molecule has 1 unspecified atom stereocenters. The standard InChI is InChI=1S/C6H6O3S/c7-5-1-3-6(4-2-5)10(8)9/h1-4,7H,(H,8,9)/p-1. The van der Waals surface area contributed by atoms with Crippen molar-refractivity contribution in [3.8, 4) is 5.75 Å². The molecule has 0 amide bonds. The van der Waals surface area contributed by atoms with Crippen molar-refractivity contribution in [2.75, 3.05) is 0 Å². The molecular weight excluding hydrogens is 152 g/mol. The quantitative estimate of drug-likeness (QED) is 0.608. The minimum absolute atomic E-state index is 0.0641. The molecule has 0 spiro atoms. The molecule has 0 aliphatic carbocycles. The van der Waals surface area contributed by atoms with Gasteiger partial charge in [0.1, 0.15) is 5.75 Å². The van der Waals surface area contributed by atoms with Gasteiger partial charge in [-0.05, 0) is 35.3 Å². The van der Waals surface area contributed by atoms with Crippen molar-refractivity contribution in [1.29, 1.82) is 0 Å². The summed E-state index contributed by atoms with van der Waals surface area (Å²) in [5, 5.41) is 8.74. The van der Waals surface area contributed by atoms with Crippen LogP contribution < -0.4 is 0 Å². The largest absolute Gasteiger partial charge is 0.768 e. The van der Waals surface area contributed by atoms with Crippen molar-refractivity contribution in [3.63, 3.8) is 0 Å². The van der Waals surface area contributed by atoms with Gasteiger partial charge in [-0.1, -0.05) is 0 Å². The van der Waals surface area contributed by atoms with Gasteiger partial charge in [0.2, 0.25) is 0 Å². The predicted octanol–water partition coefficient (Wildman–Crippen LogP) is 0.630. The number of aromatic hydroxyl groups is 1. The van der Waals surface area contributed by atoms with Crippen LogP contribution in [-0.2, 0) is 11.1 Å². The topological polar surface area (TPSA) is 60.4 Å². The van der Waals surface area contributed by atoms with Gasteiger partial charge in [-0.3, -0.25) is 4.21 Å². The summed E-state index contributed by atoms with van der Waals surface area (Å²) in [6, 6.07) is 5.31. The summed E-state index contributed by atoms with van der Waals surface area (Å²) in [5.41, 5.74) is 0. The maximum Gasteiger partial charge on any atom is 0.115 e. The van der Waals surface area contributed by atoms with Gasteiger partial charge in [0, 0.05) is 4.90 Å². The molecule has 0 aliphatic heterocycles. The van der Waals surface area contributed by atoms with Gasteiger partial charge in [-0.15, -0.1) is 0 Å². The van der Waals surface area contributed by atoms with Crippen molar-refractivity contribution in [2.24, 2.45) is 0 Å². The van der Waals surface area contributed by atoms with Crippen LogP contribution in [0.2, 0.25) is 0 Å². The zero-order valence-electron chi connectivity index (χ0n) is 4.98. The molecule has 0 fully saturated rings. The van der Waals surface area contributed by atoms with Crippen LogP contribution in [0.15, 0.2) is 29.2 Å². The van der Waals surface area contributed by atoms with E-state index in [1.54, 1.807) is 0 Å². The van der Waals surface area contributed by atoms with E-state index in [4.69, 9.17) is 5.11 Å². The van der Waals surface area contributed by atoms with Crippen molar-refractivity contribution < 1.29 is 13.9 Å². The van der Waals surface area contributed by atoms with Crippen LogP contribution in [0.1, 0.15) is 0 Å². The minimum atomic E-state index is -2.20. The second-order valence-electron chi connectivity index (χ2n) is 1.73. The average molecular weight is 157 g/mol. The molecule has 0 saturated heterocycles. The summed E-state index contributed by atoms with van der Waals surface area (Å²) in [5.74, 6) is 0.0641. The van der Waals surface area contributed by atoms with E-state index in [0.717, 1.165) is 0 Å². The number of hydrogen-bond donors (Lipinski definition) is 1. The van der Waals surface area contributed by atoms with Crippen LogP contribution in [0.25, 0.3) is 0 Å². The third kappa shape index (κ3) is 1.55. The lowest BCUT2D eigenvalue weighted by Gasteiger charge is -2.02. The highest BCUT2D eigenvalue weighted by atomic mass is 32.2. The molecule has 1 aromatic carbocycles. The molecular formula is C6H5O3S-. The van der Waals surface area contributed by atoms with Crippen LogP contribution in [-0.4, -0.2) is 13.9 Å². The molecule has 4 heteroatoms. The van der Waals surface area contributed by atoms with E-state index in [-0.39, 0.29) is 10.6 Å². The number of hydrogen-bond acceptors (Lipinski definition) is 3. The van der Waals surface area contributed by atoms with Gasteiger partial charge < -0.3 is 9.66 Å². The molecule has 0 heterocycles. The van der Waals surface area contributed by atoms with E-state index in [1.807, 2.05) is 0 Å². The zero-order chi connectivity index (χ0) is 7.56. The third-order valence-electron chi connectivity index (χ3n) is 1.03. The monoisotopic (exact) mass is 157 g/mol. The summed E-state index contributed by atoms with van der Waals surface area (Å²) < 4.78 is 20.5. The molecule has 0 bridgehead atoms. The normalized spacial score (nSPS) is 12.9. The Labute approximate surface area is 60.6 Å². The van der Waals surface area contributed by atoms with E-state index in [0.29, 0.717) is 0 Å². The van der Waals surface area contributed by atoms with Gasteiger partial charge in [-0.25, -0.2) is 0 Å². The van der Waals surface area contributed by atoms with E-state index in [1.165, 1.54) is 24.3 Å². The molecule has 54 valence electrons. The summed E-state index contributed by atoms with van der Waals surface area (Å²) >= 11 is -2.20. The first kappa shape index (κ1) is 7.24. The summed E-state index contributed by atoms with van der Waals surface area (Å²) in [6.45, 7) is 0. The Hall–Kier alpha value is -0.870. The number of phenols is 1. The van der Waals surface area contributed by atoms with Crippen molar-refractivity contribution in [2.45, 2.75) is 4.90 Å². The highest BCUT2D eigenvalue weighted by Crippen LogP contribution is 2.11. The predicted molar refractivity (Wildman–Crippen MR) is 35.3 cm³/mol. The second kappa shape index (κ2) is 2.81. The van der Waals surface area contributed by atoms with E-state index >= 15 is 0 Å². The number of benzene rings is 1. The molecule has 0 radical (unpaired) electrons. The van der Waals surface area contributed by atoms with E-state index in [9.17, 15) is 8.76 Å². The molecule has 0 saturated carbocycles. The SMILES string of the molecule is O=S([O-])c1ccc(O)cc1. The van der Waals surface area contributed by atoms with Crippen LogP contribution in [0.5, 0.6) is 5.75 Å². The van der Waals surface area contributed by atoms with Crippen LogP contribution >= 0.6 is 0 Å². The smallest absolute Gasteiger partial charge is 0.115 e. The molecule has 1 rings (SSSR count). The Balaban J connectivity index is 3.00. The fraction of sp³-hybridized carbons (Fsp3) is 0. The van der Waals surface area contributed by atoms with Crippen LogP contribution in [0, 0.1) is 0 Å². The molecule has 3 nitrogen and oxygen atoms in total. The molecule has 1 aromatic rings. The summed E-state index contributed by atoms with van der Waals surface area (Å²) in [6.07, 6.45) is 0. The fourth-order valence-electron chi connectivity index (χ4n) is 0.557. The van der Waals surface area contributed by atoms with E-state index < -0.39 is 11.1 Å². The fourth-order valence-corrected chi connectivity index (χ4v) is 0.916. The Bertz CT molecular complexity index is 242. The lowest BCUT2D eigenvalue weighted by molar-refractivity contribution is 0.474. The molecule has 1 atom stereocenters. The minimum Gasteiger partial charge on any atom is -0.768 e. The first-order chi connectivity index (χ1) is 4.70. The lowest BCUT2D eigenvalue weighted by atomic mass is 10.3. The third-order valence-corrected chi connectivity index (χ3v) is 1.69. The second-order valence-corrected chi connectivity index (χ2v) is 2.67. The van der Waals surface area contributed by atoms with E-state index in [2.05, 4.69) is 0 Å². The average Bonchev–Trinajstić information content (AvgIpc) is 1.88. The van der Waals surface area contributed by atoms with Gasteiger partial charge in [0.05, 0.1) is 0 Å². The number of phenolic OH excluding ortho intramolecular Hbond substituents is 1. The Morgan fingerprint density at radius 2 is 1.80 bits per heavy atom. The van der Waals surface area contributed by atoms with Gasteiger partial charge in [-0.2, -0.15) is 0 Å². The summed E-state index contributed by atoms with van der Waals surface area (Å²) in [7, 11) is 0. The van der Waals surface area contributed by atoms with Crippen molar-refractivity contribution in [1.82, 2.24) is 0 Å². The zero-order valence-corrected chi connectivity index (χ0v) is 5.80. The van der Waals surface area contributed by atoms with Gasteiger partial charge in [0.15, 0.2) is 0 Å². The Morgan fingerprint density at radius 1 is 1.30 bits per heavy atom. The molecule has 0 aromatic heterocycles. The van der Waals surface area contributed by atoms with Crippen molar-refractivity contribution in [3.05, 3.63) is 24.3 Å². The van der Waals surface area contributed by atoms with Gasteiger partial charge in [0.25, 0.3) is 0 Å². The van der Waals surface area contributed by atoms with Crippen LogP contribution in [0.4, 0.5) is 0 Å². The molecule has 1 N–H and O–H groups in total. The van der Waals surface area contributed by atoms with Crippen LogP contribution in [0.3, 0.4) is 0 Å². The Morgan fingerprint density at radius 3 is 2.20 bits per heavy atom. The maximum atomic E-state index is 10.2. The Kier molecular flexibility index (Phi) is 2.03. The maximum absolute atomic E-state index is 10.2. The highest BCUT2D eigenvalue weighted by molar-refractivity contribution is 7.79. The number of rotatable bonds is 1. The van der Waals surface area contributed by atoms with Crippen molar-refractivity contribution >= 4 is 11.1 Å². The highest BCUT2D eigenvalue weighted by Gasteiger charge is 1.90. The lowest BCUT2D eigenvalue weighted by Crippen LogP contribution is -1.86.